The number of aromatic nitrogens is 4. The summed E-state index contributed by atoms with van der Waals surface area (Å²) in [7, 11) is 0. The van der Waals surface area contributed by atoms with E-state index in [0.717, 1.165) is 93.4 Å². The maximum absolute atomic E-state index is 6.42. The first kappa shape index (κ1) is 28.6. The third-order valence-electron chi connectivity index (χ3n) is 9.98. The molecule has 0 aliphatic rings. The Hall–Kier alpha value is -7.18. The zero-order valence-corrected chi connectivity index (χ0v) is 27.6. The summed E-state index contributed by atoms with van der Waals surface area (Å²) in [6.07, 6.45) is 1.81. The number of para-hydroxylation sites is 1. The Morgan fingerprint density at radius 3 is 1.81 bits per heavy atom. The number of fused-ring (bicyclic) bond motifs is 8. The molecule has 0 aliphatic heterocycles. The van der Waals surface area contributed by atoms with Crippen LogP contribution in [-0.4, -0.2) is 19.9 Å². The largest absolute Gasteiger partial charge is 0.456 e. The summed E-state index contributed by atoms with van der Waals surface area (Å²) in [5, 5.41) is 7.37. The molecule has 0 bridgehead atoms. The molecule has 0 aliphatic carbocycles. The topological polar surface area (TPSA) is 77.8 Å². The van der Waals surface area contributed by atoms with Gasteiger partial charge in [0, 0.05) is 55.9 Å². The van der Waals surface area contributed by atoms with Crippen molar-refractivity contribution < 1.29 is 8.83 Å². The van der Waals surface area contributed by atoms with E-state index < -0.39 is 0 Å². The summed E-state index contributed by atoms with van der Waals surface area (Å²) in [6, 6.07) is 51.6. The van der Waals surface area contributed by atoms with Gasteiger partial charge in [0.25, 0.3) is 0 Å². The average molecular weight is 667 g/mol. The van der Waals surface area contributed by atoms with Crippen molar-refractivity contribution in [1.82, 2.24) is 19.9 Å². The van der Waals surface area contributed by atoms with E-state index in [1.165, 1.54) is 0 Å². The molecule has 0 unspecified atom stereocenters. The van der Waals surface area contributed by atoms with Crippen LogP contribution in [-0.2, 0) is 0 Å². The van der Waals surface area contributed by atoms with Crippen molar-refractivity contribution in [3.8, 4) is 45.3 Å². The molecule has 0 spiro atoms. The standard InChI is InChI=1S/C46H26N4O2/c1-2-11-27(12-3-1)44-48-45(50-46(49-44)35-20-9-23-40-43(35)34-14-4-5-21-38(34)51-40)33-19-7-15-29-30(16-6-17-31(29)33)32-18-8-22-39-42(32)36-25-28-13-10-24-47-37(28)26-41(36)52-39/h1-26H. The van der Waals surface area contributed by atoms with Crippen molar-refractivity contribution >= 4 is 65.6 Å². The highest BCUT2D eigenvalue weighted by atomic mass is 16.3. The van der Waals surface area contributed by atoms with Gasteiger partial charge in [0.1, 0.15) is 22.3 Å². The molecule has 0 saturated carbocycles. The molecule has 11 rings (SSSR count). The lowest BCUT2D eigenvalue weighted by molar-refractivity contribution is 0.668. The minimum Gasteiger partial charge on any atom is -0.456 e. The average Bonchev–Trinajstić information content (AvgIpc) is 3.77. The van der Waals surface area contributed by atoms with Crippen molar-refractivity contribution in [2.45, 2.75) is 0 Å². The van der Waals surface area contributed by atoms with Crippen molar-refractivity contribution in [3.05, 3.63) is 158 Å². The minimum absolute atomic E-state index is 0.588. The summed E-state index contributed by atoms with van der Waals surface area (Å²) in [5.41, 5.74) is 9.13. The molecular formula is C46H26N4O2. The quantitative estimate of drug-likeness (QED) is 0.186. The van der Waals surface area contributed by atoms with Crippen LogP contribution in [0.5, 0.6) is 0 Å². The van der Waals surface area contributed by atoms with Crippen LogP contribution in [0.2, 0.25) is 0 Å². The maximum Gasteiger partial charge on any atom is 0.164 e. The summed E-state index contributed by atoms with van der Waals surface area (Å²) in [6.45, 7) is 0. The molecular weight excluding hydrogens is 641 g/mol. The van der Waals surface area contributed by atoms with E-state index in [1.807, 2.05) is 85.1 Å². The van der Waals surface area contributed by atoms with Gasteiger partial charge >= 0.3 is 0 Å². The van der Waals surface area contributed by atoms with Gasteiger partial charge in [-0.2, -0.15) is 0 Å². The van der Waals surface area contributed by atoms with Crippen LogP contribution in [0.4, 0.5) is 0 Å². The second kappa shape index (κ2) is 11.2. The Morgan fingerprint density at radius 2 is 0.962 bits per heavy atom. The highest BCUT2D eigenvalue weighted by Gasteiger charge is 2.20. The van der Waals surface area contributed by atoms with E-state index in [1.54, 1.807) is 0 Å². The molecule has 0 fully saturated rings. The van der Waals surface area contributed by atoms with Crippen molar-refractivity contribution in [2.24, 2.45) is 0 Å². The highest BCUT2D eigenvalue weighted by Crippen LogP contribution is 2.42. The van der Waals surface area contributed by atoms with Crippen molar-refractivity contribution in [3.63, 3.8) is 0 Å². The first-order valence-corrected chi connectivity index (χ1v) is 17.2. The number of hydrogen-bond acceptors (Lipinski definition) is 6. The van der Waals surface area contributed by atoms with Gasteiger partial charge in [0.2, 0.25) is 0 Å². The molecule has 6 heteroatoms. The summed E-state index contributed by atoms with van der Waals surface area (Å²) in [4.78, 5) is 20.0. The molecule has 4 aromatic heterocycles. The lowest BCUT2D eigenvalue weighted by Gasteiger charge is -2.13. The van der Waals surface area contributed by atoms with Gasteiger partial charge in [-0.05, 0) is 52.2 Å². The molecule has 11 aromatic rings. The number of nitrogens with zero attached hydrogens (tertiary/aromatic N) is 4. The van der Waals surface area contributed by atoms with E-state index >= 15 is 0 Å². The van der Waals surface area contributed by atoms with E-state index in [9.17, 15) is 0 Å². The van der Waals surface area contributed by atoms with E-state index in [-0.39, 0.29) is 0 Å². The van der Waals surface area contributed by atoms with E-state index in [0.29, 0.717) is 17.5 Å². The van der Waals surface area contributed by atoms with Gasteiger partial charge in [-0.3, -0.25) is 4.98 Å². The Bertz CT molecular complexity index is 3200. The fraction of sp³-hybridized carbons (Fsp3) is 0. The fourth-order valence-electron chi connectivity index (χ4n) is 7.65. The maximum atomic E-state index is 6.42. The van der Waals surface area contributed by atoms with Crippen LogP contribution in [0.25, 0.3) is 111 Å². The fourth-order valence-corrected chi connectivity index (χ4v) is 7.65. The minimum atomic E-state index is 0.588. The highest BCUT2D eigenvalue weighted by molar-refractivity contribution is 6.18. The van der Waals surface area contributed by atoms with Gasteiger partial charge in [0.05, 0.1) is 5.52 Å². The molecule has 4 heterocycles. The molecule has 0 radical (unpaired) electrons. The lowest BCUT2D eigenvalue weighted by atomic mass is 9.92. The van der Waals surface area contributed by atoms with Gasteiger partial charge < -0.3 is 8.83 Å². The normalized spacial score (nSPS) is 11.8. The Balaban J connectivity index is 1.15. The summed E-state index contributed by atoms with van der Waals surface area (Å²) >= 11 is 0. The molecule has 0 atom stereocenters. The van der Waals surface area contributed by atoms with Crippen molar-refractivity contribution in [1.29, 1.82) is 0 Å². The SMILES string of the molecule is c1ccc(-c2nc(-c3cccc4c(-c5cccc6oc7cc8ncccc8cc7c56)cccc34)nc(-c3cccc4oc5ccccc5c34)n2)cc1. The van der Waals surface area contributed by atoms with Crippen LogP contribution in [0, 0.1) is 0 Å². The van der Waals surface area contributed by atoms with Gasteiger partial charge in [-0.1, -0.05) is 115 Å². The van der Waals surface area contributed by atoms with Crippen LogP contribution in [0.15, 0.2) is 167 Å². The molecule has 6 nitrogen and oxygen atoms in total. The Morgan fingerprint density at radius 1 is 0.365 bits per heavy atom. The molecule has 0 amide bonds. The second-order valence-electron chi connectivity index (χ2n) is 13.0. The third-order valence-corrected chi connectivity index (χ3v) is 9.98. The predicted octanol–water partition coefficient (Wildman–Crippen LogP) is 12.0. The van der Waals surface area contributed by atoms with Gasteiger partial charge in [-0.15, -0.1) is 0 Å². The van der Waals surface area contributed by atoms with Crippen LogP contribution >= 0.6 is 0 Å². The van der Waals surface area contributed by atoms with Crippen LogP contribution < -0.4 is 0 Å². The van der Waals surface area contributed by atoms with Crippen molar-refractivity contribution in [2.75, 3.05) is 0 Å². The predicted molar refractivity (Wildman–Crippen MR) is 209 cm³/mol. The van der Waals surface area contributed by atoms with E-state index in [2.05, 4.69) is 77.8 Å². The molecule has 52 heavy (non-hydrogen) atoms. The number of pyridine rings is 1. The smallest absolute Gasteiger partial charge is 0.164 e. The van der Waals surface area contributed by atoms with Gasteiger partial charge in [-0.25, -0.2) is 15.0 Å². The number of furan rings is 2. The first-order valence-electron chi connectivity index (χ1n) is 17.2. The lowest BCUT2D eigenvalue weighted by Crippen LogP contribution is -2.01. The number of rotatable bonds is 4. The number of hydrogen-bond donors (Lipinski definition) is 0. The van der Waals surface area contributed by atoms with Crippen LogP contribution in [0.3, 0.4) is 0 Å². The first-order chi connectivity index (χ1) is 25.8. The number of benzene rings is 7. The Labute approximate surface area is 296 Å². The zero-order chi connectivity index (χ0) is 34.2. The molecule has 0 N–H and O–H groups in total. The molecule has 242 valence electrons. The Kier molecular flexibility index (Phi) is 6.15. The van der Waals surface area contributed by atoms with E-state index in [4.69, 9.17) is 23.8 Å². The molecule has 7 aromatic carbocycles. The van der Waals surface area contributed by atoms with Gasteiger partial charge in [0.15, 0.2) is 17.5 Å². The zero-order valence-electron chi connectivity index (χ0n) is 27.6. The van der Waals surface area contributed by atoms with Crippen LogP contribution in [0.1, 0.15) is 0 Å². The molecule has 0 saturated heterocycles. The summed E-state index contributed by atoms with van der Waals surface area (Å²) in [5.74, 6) is 1.79. The monoisotopic (exact) mass is 666 g/mol. The summed E-state index contributed by atoms with van der Waals surface area (Å²) < 4.78 is 12.7. The second-order valence-corrected chi connectivity index (χ2v) is 13.0. The third kappa shape index (κ3) is 4.38.